The molecule has 0 unspecified atom stereocenters. The molecule has 1 amide bonds. The Morgan fingerprint density at radius 2 is 1.90 bits per heavy atom. The average molecular weight is 424 g/mol. The van der Waals surface area contributed by atoms with Crippen molar-refractivity contribution >= 4 is 11.9 Å². The van der Waals surface area contributed by atoms with Gasteiger partial charge in [0.15, 0.2) is 0 Å². The SMILES string of the molecule is Cc1noc(C(C)C)c1-c1cc(F)cc(C(=O)NCCC(=O)OCc2ccccc2)c1. The molecule has 0 saturated carbocycles. The van der Waals surface area contributed by atoms with Gasteiger partial charge in [-0.15, -0.1) is 0 Å². The lowest BCUT2D eigenvalue weighted by molar-refractivity contribution is -0.144. The van der Waals surface area contributed by atoms with Gasteiger partial charge < -0.3 is 14.6 Å². The van der Waals surface area contributed by atoms with Gasteiger partial charge in [0, 0.05) is 23.6 Å². The summed E-state index contributed by atoms with van der Waals surface area (Å²) < 4.78 is 24.8. The molecule has 7 heteroatoms. The summed E-state index contributed by atoms with van der Waals surface area (Å²) in [5.41, 5.74) is 2.88. The zero-order valence-electron chi connectivity index (χ0n) is 17.8. The number of hydrogen-bond acceptors (Lipinski definition) is 5. The van der Waals surface area contributed by atoms with Crippen LogP contribution >= 0.6 is 0 Å². The molecule has 0 aliphatic heterocycles. The average Bonchev–Trinajstić information content (AvgIpc) is 3.14. The Kier molecular flexibility index (Phi) is 7.18. The van der Waals surface area contributed by atoms with Crippen LogP contribution in [0.4, 0.5) is 4.39 Å². The number of ether oxygens (including phenoxy) is 1. The molecule has 0 aliphatic rings. The van der Waals surface area contributed by atoms with Gasteiger partial charge in [0.25, 0.3) is 5.91 Å². The predicted molar refractivity (Wildman–Crippen MR) is 114 cm³/mol. The molecule has 1 heterocycles. The summed E-state index contributed by atoms with van der Waals surface area (Å²) in [5, 5.41) is 6.61. The highest BCUT2D eigenvalue weighted by Crippen LogP contribution is 2.33. The number of carbonyl (C=O) groups is 2. The zero-order chi connectivity index (χ0) is 22.4. The summed E-state index contributed by atoms with van der Waals surface area (Å²) in [6.45, 7) is 5.94. The first-order chi connectivity index (χ1) is 14.8. The second kappa shape index (κ2) is 10.0. The third-order valence-electron chi connectivity index (χ3n) is 4.72. The minimum Gasteiger partial charge on any atom is -0.461 e. The topological polar surface area (TPSA) is 81.4 Å². The van der Waals surface area contributed by atoms with E-state index in [-0.39, 0.29) is 31.1 Å². The molecular weight excluding hydrogens is 399 g/mol. The number of aromatic nitrogens is 1. The molecule has 31 heavy (non-hydrogen) atoms. The van der Waals surface area contributed by atoms with Crippen LogP contribution in [0.2, 0.25) is 0 Å². The number of rotatable bonds is 8. The first kappa shape index (κ1) is 22.2. The minimum atomic E-state index is -0.541. The van der Waals surface area contributed by atoms with E-state index in [9.17, 15) is 14.0 Å². The standard InChI is InChI=1S/C24H25FN2O4/c1-15(2)23-22(16(3)27-31-23)18-11-19(13-20(25)12-18)24(29)26-10-9-21(28)30-14-17-7-5-4-6-8-17/h4-8,11-13,15H,9-10,14H2,1-3H3,(H,26,29). The van der Waals surface area contributed by atoms with E-state index in [0.717, 1.165) is 11.6 Å². The molecule has 3 rings (SSSR count). The number of benzene rings is 2. The fourth-order valence-electron chi connectivity index (χ4n) is 3.19. The predicted octanol–water partition coefficient (Wildman–Crippen LogP) is 4.78. The second-order valence-corrected chi connectivity index (χ2v) is 7.54. The Balaban J connectivity index is 1.61. The van der Waals surface area contributed by atoms with E-state index < -0.39 is 17.7 Å². The van der Waals surface area contributed by atoms with Gasteiger partial charge in [-0.2, -0.15) is 0 Å². The van der Waals surface area contributed by atoms with Gasteiger partial charge in [-0.1, -0.05) is 49.3 Å². The molecule has 0 radical (unpaired) electrons. The Morgan fingerprint density at radius 3 is 2.61 bits per heavy atom. The Hall–Kier alpha value is -3.48. The summed E-state index contributed by atoms with van der Waals surface area (Å²) in [5.74, 6) is -0.753. The van der Waals surface area contributed by atoms with Crippen molar-refractivity contribution in [3.63, 3.8) is 0 Å². The number of nitrogens with zero attached hydrogens (tertiary/aromatic N) is 1. The molecule has 0 bridgehead atoms. The van der Waals surface area contributed by atoms with Crippen molar-refractivity contribution in [2.45, 2.75) is 39.7 Å². The van der Waals surface area contributed by atoms with Crippen LogP contribution in [0.15, 0.2) is 53.1 Å². The summed E-state index contributed by atoms with van der Waals surface area (Å²) in [7, 11) is 0. The van der Waals surface area contributed by atoms with Gasteiger partial charge in [-0.05, 0) is 36.2 Å². The molecule has 0 fully saturated rings. The van der Waals surface area contributed by atoms with E-state index in [1.807, 2.05) is 44.2 Å². The molecule has 1 aromatic heterocycles. The number of hydrogen-bond donors (Lipinski definition) is 1. The maximum atomic E-state index is 14.3. The summed E-state index contributed by atoms with van der Waals surface area (Å²) in [6, 6.07) is 13.4. The maximum absolute atomic E-state index is 14.3. The zero-order valence-corrected chi connectivity index (χ0v) is 17.8. The number of nitrogens with one attached hydrogen (secondary N) is 1. The van der Waals surface area contributed by atoms with Crippen LogP contribution in [0, 0.1) is 12.7 Å². The van der Waals surface area contributed by atoms with Crippen LogP contribution in [0.3, 0.4) is 0 Å². The molecule has 0 spiro atoms. The van der Waals surface area contributed by atoms with E-state index in [0.29, 0.717) is 22.6 Å². The monoisotopic (exact) mass is 424 g/mol. The molecule has 0 aliphatic carbocycles. The van der Waals surface area contributed by atoms with E-state index in [4.69, 9.17) is 9.26 Å². The van der Waals surface area contributed by atoms with Gasteiger partial charge in [-0.25, -0.2) is 4.39 Å². The number of esters is 1. The number of halogens is 1. The highest BCUT2D eigenvalue weighted by molar-refractivity contribution is 5.95. The summed E-state index contributed by atoms with van der Waals surface area (Å²) in [4.78, 5) is 24.4. The van der Waals surface area contributed by atoms with E-state index >= 15 is 0 Å². The quantitative estimate of drug-likeness (QED) is 0.527. The van der Waals surface area contributed by atoms with E-state index in [2.05, 4.69) is 10.5 Å². The smallest absolute Gasteiger partial charge is 0.307 e. The largest absolute Gasteiger partial charge is 0.461 e. The van der Waals surface area contributed by atoms with Crippen molar-refractivity contribution in [1.82, 2.24) is 10.5 Å². The highest BCUT2D eigenvalue weighted by Gasteiger charge is 2.20. The molecule has 2 aromatic carbocycles. The Bertz CT molecular complexity index is 1060. The van der Waals surface area contributed by atoms with Crippen molar-refractivity contribution in [2.75, 3.05) is 6.54 Å². The van der Waals surface area contributed by atoms with Crippen molar-refractivity contribution in [1.29, 1.82) is 0 Å². The van der Waals surface area contributed by atoms with Gasteiger partial charge >= 0.3 is 5.97 Å². The molecule has 1 N–H and O–H groups in total. The molecule has 3 aromatic rings. The summed E-state index contributed by atoms with van der Waals surface area (Å²) in [6.07, 6.45) is 0.0169. The fraction of sp³-hybridized carbons (Fsp3) is 0.292. The van der Waals surface area contributed by atoms with Crippen molar-refractivity contribution in [2.24, 2.45) is 0 Å². The first-order valence-electron chi connectivity index (χ1n) is 10.1. The lowest BCUT2D eigenvalue weighted by atomic mass is 9.96. The van der Waals surface area contributed by atoms with Crippen molar-refractivity contribution in [3.05, 3.63) is 76.9 Å². The van der Waals surface area contributed by atoms with Crippen LogP contribution < -0.4 is 5.32 Å². The normalized spacial score (nSPS) is 10.9. The van der Waals surface area contributed by atoms with Crippen molar-refractivity contribution < 1.29 is 23.2 Å². The van der Waals surface area contributed by atoms with Crippen LogP contribution in [0.25, 0.3) is 11.1 Å². The van der Waals surface area contributed by atoms with E-state index in [1.54, 1.807) is 13.0 Å². The first-order valence-corrected chi connectivity index (χ1v) is 10.1. The molecule has 6 nitrogen and oxygen atoms in total. The third-order valence-corrected chi connectivity index (χ3v) is 4.72. The van der Waals surface area contributed by atoms with Crippen LogP contribution in [-0.4, -0.2) is 23.6 Å². The molecule has 0 atom stereocenters. The van der Waals surface area contributed by atoms with Crippen LogP contribution in [0.5, 0.6) is 0 Å². The molecule has 162 valence electrons. The molecule has 0 saturated heterocycles. The lowest BCUT2D eigenvalue weighted by Gasteiger charge is -2.10. The Morgan fingerprint density at radius 1 is 1.16 bits per heavy atom. The van der Waals surface area contributed by atoms with E-state index in [1.165, 1.54) is 6.07 Å². The minimum absolute atomic E-state index is 0.0169. The van der Waals surface area contributed by atoms with Gasteiger partial charge in [0.05, 0.1) is 12.1 Å². The molecular formula is C24H25FN2O4. The number of carbonyl (C=O) groups excluding carboxylic acids is 2. The highest BCUT2D eigenvalue weighted by atomic mass is 19.1. The van der Waals surface area contributed by atoms with Crippen LogP contribution in [0.1, 0.15) is 53.6 Å². The number of amides is 1. The fourth-order valence-corrected chi connectivity index (χ4v) is 3.19. The van der Waals surface area contributed by atoms with Gasteiger partial charge in [0.2, 0.25) is 0 Å². The van der Waals surface area contributed by atoms with Crippen molar-refractivity contribution in [3.8, 4) is 11.1 Å². The lowest BCUT2D eigenvalue weighted by Crippen LogP contribution is -2.26. The third kappa shape index (κ3) is 5.78. The second-order valence-electron chi connectivity index (χ2n) is 7.54. The summed E-state index contributed by atoms with van der Waals surface area (Å²) >= 11 is 0. The number of aryl methyl sites for hydroxylation is 1. The van der Waals surface area contributed by atoms with Gasteiger partial charge in [0.1, 0.15) is 18.2 Å². The maximum Gasteiger partial charge on any atom is 0.307 e. The van der Waals surface area contributed by atoms with Gasteiger partial charge in [-0.3, -0.25) is 9.59 Å². The van der Waals surface area contributed by atoms with Crippen LogP contribution in [-0.2, 0) is 16.1 Å². The Labute approximate surface area is 180 Å².